The van der Waals surface area contributed by atoms with Crippen molar-refractivity contribution < 1.29 is 19.7 Å². The number of carboxylic acid groups (broad SMARTS) is 1. The molecule has 0 spiro atoms. The first-order chi connectivity index (χ1) is 11.0. The summed E-state index contributed by atoms with van der Waals surface area (Å²) in [5, 5.41) is 18.1. The predicted octanol–water partition coefficient (Wildman–Crippen LogP) is 2.43. The fraction of sp³-hybridized carbons (Fsp3) is 0.294. The number of rotatable bonds is 7. The number of ether oxygens (including phenoxy) is 1. The van der Waals surface area contributed by atoms with Gasteiger partial charge in [-0.15, -0.1) is 0 Å². The summed E-state index contributed by atoms with van der Waals surface area (Å²) in [4.78, 5) is 15.5. The third-order valence-corrected chi connectivity index (χ3v) is 3.41. The molecule has 0 aliphatic rings. The van der Waals surface area contributed by atoms with Gasteiger partial charge in [0.25, 0.3) is 0 Å². The van der Waals surface area contributed by atoms with Crippen molar-refractivity contribution >= 4 is 12.0 Å². The van der Waals surface area contributed by atoms with Crippen LogP contribution in [-0.4, -0.2) is 39.5 Å². The van der Waals surface area contributed by atoms with E-state index in [9.17, 15) is 9.90 Å². The van der Waals surface area contributed by atoms with E-state index in [2.05, 4.69) is 4.98 Å². The molecule has 0 unspecified atom stereocenters. The van der Waals surface area contributed by atoms with Gasteiger partial charge in [-0.25, -0.2) is 9.78 Å². The van der Waals surface area contributed by atoms with Gasteiger partial charge in [0, 0.05) is 18.4 Å². The Kier molecular flexibility index (Phi) is 5.54. The van der Waals surface area contributed by atoms with Gasteiger partial charge in [0.05, 0.1) is 24.8 Å². The normalized spacial score (nSPS) is 11.5. The summed E-state index contributed by atoms with van der Waals surface area (Å²) in [6.07, 6.45) is 5.92. The maximum absolute atomic E-state index is 11.3. The zero-order valence-electron chi connectivity index (χ0n) is 13.2. The Morgan fingerprint density at radius 3 is 2.78 bits per heavy atom. The van der Waals surface area contributed by atoms with E-state index in [1.165, 1.54) is 0 Å². The number of aryl methyl sites for hydroxylation is 1. The highest BCUT2D eigenvalue weighted by Crippen LogP contribution is 2.26. The maximum Gasteiger partial charge on any atom is 0.331 e. The van der Waals surface area contributed by atoms with Crippen LogP contribution in [0.25, 0.3) is 11.8 Å². The molecule has 1 aromatic carbocycles. The summed E-state index contributed by atoms with van der Waals surface area (Å²) >= 11 is 0. The second kappa shape index (κ2) is 7.60. The number of aliphatic hydroxyl groups is 1. The van der Waals surface area contributed by atoms with Crippen molar-refractivity contribution in [2.75, 3.05) is 13.7 Å². The molecule has 122 valence electrons. The van der Waals surface area contributed by atoms with Crippen LogP contribution in [0.3, 0.4) is 0 Å². The largest absolute Gasteiger partial charge is 0.495 e. The van der Waals surface area contributed by atoms with Crippen LogP contribution in [0, 0.1) is 6.92 Å². The van der Waals surface area contributed by atoms with Crippen LogP contribution in [0.15, 0.2) is 36.3 Å². The topological polar surface area (TPSA) is 84.6 Å². The minimum absolute atomic E-state index is 0.0349. The van der Waals surface area contributed by atoms with Gasteiger partial charge in [0.15, 0.2) is 0 Å². The summed E-state index contributed by atoms with van der Waals surface area (Å²) in [6, 6.07) is 5.47. The number of benzene rings is 1. The number of carboxylic acids is 1. The lowest BCUT2D eigenvalue weighted by Crippen LogP contribution is -2.02. The van der Waals surface area contributed by atoms with Crippen LogP contribution in [0.4, 0.5) is 0 Å². The van der Waals surface area contributed by atoms with E-state index in [1.54, 1.807) is 25.6 Å². The van der Waals surface area contributed by atoms with Crippen molar-refractivity contribution in [3.8, 4) is 11.4 Å². The molecule has 2 rings (SSSR count). The number of aliphatic hydroxyl groups excluding tert-OH is 1. The standard InChI is InChI=1S/C17H20N2O4/c1-12-10-19(11-18-12)15-6-5-13(9-16(15)23-2)8-14(17(21)22)4-3-7-20/h5-6,8-11,20H,3-4,7H2,1-2H3,(H,21,22)/b14-8+. The number of aliphatic carboxylic acids is 1. The first-order valence-electron chi connectivity index (χ1n) is 7.29. The highest BCUT2D eigenvalue weighted by molar-refractivity contribution is 5.92. The zero-order valence-corrected chi connectivity index (χ0v) is 13.2. The first kappa shape index (κ1) is 16.8. The van der Waals surface area contributed by atoms with E-state index in [0.29, 0.717) is 18.6 Å². The predicted molar refractivity (Wildman–Crippen MR) is 86.8 cm³/mol. The molecule has 0 bridgehead atoms. The Morgan fingerprint density at radius 1 is 1.43 bits per heavy atom. The Labute approximate surface area is 134 Å². The minimum Gasteiger partial charge on any atom is -0.495 e. The van der Waals surface area contributed by atoms with Gasteiger partial charge < -0.3 is 19.5 Å². The van der Waals surface area contributed by atoms with Crippen molar-refractivity contribution in [2.24, 2.45) is 0 Å². The Bertz CT molecular complexity index is 719. The molecule has 6 nitrogen and oxygen atoms in total. The molecule has 0 amide bonds. The van der Waals surface area contributed by atoms with Crippen LogP contribution in [-0.2, 0) is 4.79 Å². The molecule has 0 fully saturated rings. The van der Waals surface area contributed by atoms with Crippen molar-refractivity contribution in [1.82, 2.24) is 9.55 Å². The molecule has 0 saturated carbocycles. The van der Waals surface area contributed by atoms with Gasteiger partial charge >= 0.3 is 5.97 Å². The van der Waals surface area contributed by atoms with Crippen molar-refractivity contribution in [3.63, 3.8) is 0 Å². The molecule has 6 heteroatoms. The molecule has 0 saturated heterocycles. The van der Waals surface area contributed by atoms with Crippen LogP contribution in [0.1, 0.15) is 24.1 Å². The Hall–Kier alpha value is -2.60. The van der Waals surface area contributed by atoms with E-state index in [4.69, 9.17) is 9.84 Å². The van der Waals surface area contributed by atoms with Crippen molar-refractivity contribution in [2.45, 2.75) is 19.8 Å². The number of aromatic nitrogens is 2. The average Bonchev–Trinajstić information content (AvgIpc) is 2.97. The lowest BCUT2D eigenvalue weighted by atomic mass is 10.1. The lowest BCUT2D eigenvalue weighted by Gasteiger charge is -2.10. The second-order valence-corrected chi connectivity index (χ2v) is 5.16. The van der Waals surface area contributed by atoms with E-state index >= 15 is 0 Å². The molecular weight excluding hydrogens is 296 g/mol. The molecule has 0 aliphatic carbocycles. The van der Waals surface area contributed by atoms with E-state index in [0.717, 1.165) is 16.9 Å². The third-order valence-electron chi connectivity index (χ3n) is 3.41. The minimum atomic E-state index is -0.980. The second-order valence-electron chi connectivity index (χ2n) is 5.16. The molecule has 2 aromatic rings. The fourth-order valence-electron chi connectivity index (χ4n) is 2.26. The fourth-order valence-corrected chi connectivity index (χ4v) is 2.26. The Balaban J connectivity index is 2.36. The van der Waals surface area contributed by atoms with E-state index in [-0.39, 0.29) is 12.2 Å². The average molecular weight is 316 g/mol. The van der Waals surface area contributed by atoms with Gasteiger partial charge in [-0.1, -0.05) is 6.07 Å². The van der Waals surface area contributed by atoms with Crippen LogP contribution >= 0.6 is 0 Å². The molecule has 0 radical (unpaired) electrons. The number of hydrogen-bond donors (Lipinski definition) is 2. The quantitative estimate of drug-likeness (QED) is 0.766. The van der Waals surface area contributed by atoms with E-state index < -0.39 is 5.97 Å². The van der Waals surface area contributed by atoms with Crippen molar-refractivity contribution in [3.05, 3.63) is 47.6 Å². The highest BCUT2D eigenvalue weighted by Gasteiger charge is 2.10. The summed E-state index contributed by atoms with van der Waals surface area (Å²) in [6.45, 7) is 1.87. The number of carbonyl (C=O) groups is 1. The summed E-state index contributed by atoms with van der Waals surface area (Å²) in [5.74, 6) is -0.352. The smallest absolute Gasteiger partial charge is 0.331 e. The number of methoxy groups -OCH3 is 1. The SMILES string of the molecule is COc1cc(/C=C(\CCCO)C(=O)O)ccc1-n1cnc(C)c1. The van der Waals surface area contributed by atoms with Gasteiger partial charge in [-0.2, -0.15) is 0 Å². The molecule has 0 aliphatic heterocycles. The molecule has 1 aromatic heterocycles. The summed E-state index contributed by atoms with van der Waals surface area (Å²) < 4.78 is 7.26. The lowest BCUT2D eigenvalue weighted by molar-refractivity contribution is -0.132. The van der Waals surface area contributed by atoms with Gasteiger partial charge in [-0.3, -0.25) is 0 Å². The molecule has 0 atom stereocenters. The summed E-state index contributed by atoms with van der Waals surface area (Å²) in [7, 11) is 1.57. The molecule has 1 heterocycles. The molecular formula is C17H20N2O4. The summed E-state index contributed by atoms with van der Waals surface area (Å²) in [5.41, 5.74) is 2.72. The monoisotopic (exact) mass is 316 g/mol. The molecule has 23 heavy (non-hydrogen) atoms. The third kappa shape index (κ3) is 4.20. The van der Waals surface area contributed by atoms with Gasteiger partial charge in [0.2, 0.25) is 0 Å². The van der Waals surface area contributed by atoms with E-state index in [1.807, 2.05) is 29.8 Å². The number of nitrogens with zero attached hydrogens (tertiary/aromatic N) is 2. The van der Waals surface area contributed by atoms with Crippen LogP contribution in [0.2, 0.25) is 0 Å². The highest BCUT2D eigenvalue weighted by atomic mass is 16.5. The number of hydrogen-bond acceptors (Lipinski definition) is 4. The maximum atomic E-state index is 11.3. The zero-order chi connectivity index (χ0) is 16.8. The van der Waals surface area contributed by atoms with Gasteiger partial charge in [0.1, 0.15) is 5.75 Å². The number of imidazole rings is 1. The first-order valence-corrected chi connectivity index (χ1v) is 7.29. The molecule has 2 N–H and O–H groups in total. The van der Waals surface area contributed by atoms with Crippen LogP contribution < -0.4 is 4.74 Å². The van der Waals surface area contributed by atoms with Crippen LogP contribution in [0.5, 0.6) is 5.75 Å². The van der Waals surface area contributed by atoms with Gasteiger partial charge in [-0.05, 0) is 43.5 Å². The van der Waals surface area contributed by atoms with Crippen molar-refractivity contribution in [1.29, 1.82) is 0 Å². The Morgan fingerprint density at radius 2 is 2.22 bits per heavy atom.